The molecule has 1 aliphatic heterocycles. The number of aliphatic imine (C=N–C) groups is 1. The van der Waals surface area contributed by atoms with Crippen LogP contribution in [0.3, 0.4) is 0 Å². The van der Waals surface area contributed by atoms with Gasteiger partial charge in [0.15, 0.2) is 5.96 Å². The average molecular weight is 458 g/mol. The van der Waals surface area contributed by atoms with Crippen LogP contribution in [-0.4, -0.2) is 62.7 Å². The molecule has 0 amide bonds. The SMILES string of the molecule is CN=C(NCc1ccnc(N2CCN(C)CC2)c1)NCC1CCC1.I. The highest BCUT2D eigenvalue weighted by atomic mass is 127. The van der Waals surface area contributed by atoms with E-state index in [0.717, 1.165) is 57.0 Å². The molecule has 7 heteroatoms. The van der Waals surface area contributed by atoms with Crippen LogP contribution < -0.4 is 15.5 Å². The number of likely N-dealkylation sites (N-methyl/N-ethyl adjacent to an activating group) is 1. The van der Waals surface area contributed by atoms with Crippen LogP contribution in [0.1, 0.15) is 24.8 Å². The zero-order valence-electron chi connectivity index (χ0n) is 15.4. The number of rotatable bonds is 5. The fourth-order valence-corrected chi connectivity index (χ4v) is 3.12. The average Bonchev–Trinajstić information content (AvgIpc) is 2.57. The minimum absolute atomic E-state index is 0. The molecule has 2 N–H and O–H groups in total. The number of piperazine rings is 1. The number of pyridine rings is 1. The molecule has 0 bridgehead atoms. The maximum Gasteiger partial charge on any atom is 0.191 e. The minimum atomic E-state index is 0. The van der Waals surface area contributed by atoms with Crippen molar-refractivity contribution in [1.29, 1.82) is 0 Å². The first-order valence-electron chi connectivity index (χ1n) is 9.07. The van der Waals surface area contributed by atoms with E-state index < -0.39 is 0 Å². The molecule has 2 heterocycles. The molecule has 2 fully saturated rings. The molecule has 0 atom stereocenters. The number of hydrogen-bond donors (Lipinski definition) is 2. The number of halogens is 1. The van der Waals surface area contributed by atoms with E-state index in [2.05, 4.69) is 49.6 Å². The van der Waals surface area contributed by atoms with Gasteiger partial charge in [-0.25, -0.2) is 4.98 Å². The molecule has 1 aliphatic carbocycles. The Labute approximate surface area is 168 Å². The zero-order valence-corrected chi connectivity index (χ0v) is 17.7. The van der Waals surface area contributed by atoms with Gasteiger partial charge >= 0.3 is 0 Å². The topological polar surface area (TPSA) is 55.8 Å². The predicted molar refractivity (Wildman–Crippen MR) is 115 cm³/mol. The molecule has 0 unspecified atom stereocenters. The molecule has 6 nitrogen and oxygen atoms in total. The highest BCUT2D eigenvalue weighted by Crippen LogP contribution is 2.25. The van der Waals surface area contributed by atoms with Crippen molar-refractivity contribution < 1.29 is 0 Å². The molecule has 1 saturated heterocycles. The summed E-state index contributed by atoms with van der Waals surface area (Å²) in [6.07, 6.45) is 5.99. The predicted octanol–water partition coefficient (Wildman–Crippen LogP) is 1.92. The number of hydrogen-bond acceptors (Lipinski definition) is 4. The highest BCUT2D eigenvalue weighted by molar-refractivity contribution is 14.0. The molecule has 3 rings (SSSR count). The van der Waals surface area contributed by atoms with E-state index in [-0.39, 0.29) is 24.0 Å². The molecule has 140 valence electrons. The van der Waals surface area contributed by atoms with Crippen molar-refractivity contribution in [1.82, 2.24) is 20.5 Å². The lowest BCUT2D eigenvalue weighted by Crippen LogP contribution is -2.44. The van der Waals surface area contributed by atoms with Crippen LogP contribution >= 0.6 is 24.0 Å². The smallest absolute Gasteiger partial charge is 0.191 e. The molecular formula is C18H31IN6. The van der Waals surface area contributed by atoms with Crippen LogP contribution in [0.4, 0.5) is 5.82 Å². The first-order valence-corrected chi connectivity index (χ1v) is 9.07. The van der Waals surface area contributed by atoms with Crippen LogP contribution in [0.2, 0.25) is 0 Å². The summed E-state index contributed by atoms with van der Waals surface area (Å²) >= 11 is 0. The van der Waals surface area contributed by atoms with Gasteiger partial charge in [-0.2, -0.15) is 0 Å². The van der Waals surface area contributed by atoms with Crippen molar-refractivity contribution in [3.05, 3.63) is 23.9 Å². The Morgan fingerprint density at radius 3 is 2.64 bits per heavy atom. The summed E-state index contributed by atoms with van der Waals surface area (Å²) in [5.41, 5.74) is 1.24. The summed E-state index contributed by atoms with van der Waals surface area (Å²) < 4.78 is 0. The molecular weight excluding hydrogens is 427 g/mol. The van der Waals surface area contributed by atoms with Crippen LogP contribution in [-0.2, 0) is 6.54 Å². The van der Waals surface area contributed by atoms with Gasteiger partial charge in [0.25, 0.3) is 0 Å². The lowest BCUT2D eigenvalue weighted by molar-refractivity contribution is 0.312. The molecule has 1 aromatic heterocycles. The van der Waals surface area contributed by atoms with Crippen molar-refractivity contribution >= 4 is 35.8 Å². The Kier molecular flexibility index (Phi) is 8.21. The maximum atomic E-state index is 4.55. The maximum absolute atomic E-state index is 4.55. The molecule has 0 radical (unpaired) electrons. The molecule has 0 aromatic carbocycles. The number of nitrogens with one attached hydrogen (secondary N) is 2. The van der Waals surface area contributed by atoms with Crippen LogP contribution in [0, 0.1) is 5.92 Å². The van der Waals surface area contributed by atoms with Crippen molar-refractivity contribution in [2.75, 3.05) is 51.7 Å². The van der Waals surface area contributed by atoms with E-state index in [1.165, 1.54) is 24.8 Å². The Bertz CT molecular complexity index is 552. The van der Waals surface area contributed by atoms with Gasteiger partial charge < -0.3 is 20.4 Å². The van der Waals surface area contributed by atoms with E-state index >= 15 is 0 Å². The second-order valence-electron chi connectivity index (χ2n) is 6.92. The molecule has 25 heavy (non-hydrogen) atoms. The Morgan fingerprint density at radius 1 is 1.24 bits per heavy atom. The van der Waals surface area contributed by atoms with Gasteiger partial charge in [-0.15, -0.1) is 24.0 Å². The zero-order chi connectivity index (χ0) is 16.8. The third-order valence-electron chi connectivity index (χ3n) is 5.10. The Balaban J connectivity index is 0.00000225. The second-order valence-corrected chi connectivity index (χ2v) is 6.92. The van der Waals surface area contributed by atoms with E-state index in [4.69, 9.17) is 0 Å². The molecule has 1 saturated carbocycles. The molecule has 0 spiro atoms. The van der Waals surface area contributed by atoms with Gasteiger partial charge in [-0.05, 0) is 43.5 Å². The van der Waals surface area contributed by atoms with Crippen molar-refractivity contribution in [3.8, 4) is 0 Å². The quantitative estimate of drug-likeness (QED) is 0.401. The standard InChI is InChI=1S/C18H30N6.HI/c1-19-18(21-13-15-4-3-5-15)22-14-16-6-7-20-17(12-16)24-10-8-23(2)9-11-24;/h6-7,12,15H,3-5,8-11,13-14H2,1-2H3,(H2,19,21,22);1H. The highest BCUT2D eigenvalue weighted by Gasteiger charge is 2.17. The fraction of sp³-hybridized carbons (Fsp3) is 0.667. The lowest BCUT2D eigenvalue weighted by atomic mass is 9.85. The van der Waals surface area contributed by atoms with Gasteiger partial charge in [0, 0.05) is 52.5 Å². The summed E-state index contributed by atoms with van der Waals surface area (Å²) in [6.45, 7) is 6.09. The summed E-state index contributed by atoms with van der Waals surface area (Å²) in [5.74, 6) is 2.80. The number of guanidine groups is 1. The first kappa shape index (κ1) is 20.2. The van der Waals surface area contributed by atoms with E-state index in [1.54, 1.807) is 0 Å². The monoisotopic (exact) mass is 458 g/mol. The Morgan fingerprint density at radius 2 is 2.00 bits per heavy atom. The van der Waals surface area contributed by atoms with Gasteiger partial charge in [-0.1, -0.05) is 6.42 Å². The number of anilines is 1. The van der Waals surface area contributed by atoms with Crippen molar-refractivity contribution in [2.45, 2.75) is 25.8 Å². The van der Waals surface area contributed by atoms with Gasteiger partial charge in [0.1, 0.15) is 5.82 Å². The van der Waals surface area contributed by atoms with E-state index in [1.807, 2.05) is 13.2 Å². The summed E-state index contributed by atoms with van der Waals surface area (Å²) in [4.78, 5) is 13.6. The van der Waals surface area contributed by atoms with Gasteiger partial charge in [-0.3, -0.25) is 4.99 Å². The second kappa shape index (κ2) is 10.2. The largest absolute Gasteiger partial charge is 0.356 e. The molecule has 2 aliphatic rings. The van der Waals surface area contributed by atoms with Gasteiger partial charge in [0.2, 0.25) is 0 Å². The Hall–Kier alpha value is -1.09. The normalized spacial score (nSPS) is 19.1. The molecule has 1 aromatic rings. The fourth-order valence-electron chi connectivity index (χ4n) is 3.12. The third kappa shape index (κ3) is 5.99. The van der Waals surface area contributed by atoms with Crippen LogP contribution in [0.15, 0.2) is 23.3 Å². The lowest BCUT2D eigenvalue weighted by Gasteiger charge is -2.33. The third-order valence-corrected chi connectivity index (χ3v) is 5.10. The van der Waals surface area contributed by atoms with Crippen LogP contribution in [0.5, 0.6) is 0 Å². The van der Waals surface area contributed by atoms with Gasteiger partial charge in [0.05, 0.1) is 0 Å². The van der Waals surface area contributed by atoms with Crippen LogP contribution in [0.25, 0.3) is 0 Å². The first-order chi connectivity index (χ1) is 11.7. The van der Waals surface area contributed by atoms with Crippen molar-refractivity contribution in [3.63, 3.8) is 0 Å². The minimum Gasteiger partial charge on any atom is -0.356 e. The van der Waals surface area contributed by atoms with E-state index in [9.17, 15) is 0 Å². The van der Waals surface area contributed by atoms with E-state index in [0.29, 0.717) is 0 Å². The van der Waals surface area contributed by atoms with Crippen molar-refractivity contribution in [2.24, 2.45) is 10.9 Å². The summed E-state index contributed by atoms with van der Waals surface area (Å²) in [6, 6.07) is 4.27. The summed E-state index contributed by atoms with van der Waals surface area (Å²) in [5, 5.41) is 6.84. The summed E-state index contributed by atoms with van der Waals surface area (Å²) in [7, 11) is 4.01. The number of nitrogens with zero attached hydrogens (tertiary/aromatic N) is 4. The number of aromatic nitrogens is 1.